The minimum atomic E-state index is -0.194. The van der Waals surface area contributed by atoms with Crippen molar-refractivity contribution in [2.24, 2.45) is 11.7 Å². The molecule has 1 aliphatic heterocycles. The molecule has 17 heavy (non-hydrogen) atoms. The van der Waals surface area contributed by atoms with Crippen LogP contribution in [-0.4, -0.2) is 18.9 Å². The number of hydrogen-bond donors (Lipinski definition) is 2. The van der Waals surface area contributed by atoms with Crippen LogP contribution in [0.5, 0.6) is 0 Å². The molecule has 1 aromatic rings. The molecule has 1 saturated heterocycles. The van der Waals surface area contributed by atoms with Gasteiger partial charge in [0.2, 0.25) is 0 Å². The number of nitrogens with two attached hydrogens (primary N) is 1. The van der Waals surface area contributed by atoms with Gasteiger partial charge in [-0.2, -0.15) is 0 Å². The number of benzene rings is 1. The highest BCUT2D eigenvalue weighted by molar-refractivity contribution is 5.77. The number of nitrogens with zero attached hydrogens (tertiary/aromatic N) is 1. The summed E-state index contributed by atoms with van der Waals surface area (Å²) >= 11 is 0. The lowest BCUT2D eigenvalue weighted by atomic mass is 9.93. The zero-order chi connectivity index (χ0) is 12.3. The van der Waals surface area contributed by atoms with Crippen LogP contribution in [-0.2, 0) is 0 Å². The number of amidine groups is 1. The Balaban J connectivity index is 1.90. The van der Waals surface area contributed by atoms with Crippen LogP contribution in [0, 0.1) is 17.1 Å². The molecule has 1 aromatic carbocycles. The second kappa shape index (κ2) is 5.17. The fourth-order valence-electron chi connectivity index (χ4n) is 2.36. The highest BCUT2D eigenvalue weighted by Gasteiger charge is 2.19. The van der Waals surface area contributed by atoms with Crippen LogP contribution in [0.15, 0.2) is 24.3 Å². The maximum absolute atomic E-state index is 12.8. The Morgan fingerprint density at radius 1 is 1.29 bits per heavy atom. The zero-order valence-electron chi connectivity index (χ0n) is 9.82. The number of halogens is 1. The molecule has 3 nitrogen and oxygen atoms in total. The average molecular weight is 235 g/mol. The van der Waals surface area contributed by atoms with Crippen molar-refractivity contribution in [1.82, 2.24) is 0 Å². The summed E-state index contributed by atoms with van der Waals surface area (Å²) in [6.45, 7) is 1.92. The molecule has 0 aromatic heterocycles. The van der Waals surface area contributed by atoms with E-state index in [9.17, 15) is 4.39 Å². The minimum absolute atomic E-state index is 0.194. The van der Waals surface area contributed by atoms with Crippen molar-refractivity contribution in [3.05, 3.63) is 30.1 Å². The van der Waals surface area contributed by atoms with Gasteiger partial charge in [0.25, 0.3) is 0 Å². The van der Waals surface area contributed by atoms with Crippen LogP contribution >= 0.6 is 0 Å². The van der Waals surface area contributed by atoms with Gasteiger partial charge in [-0.1, -0.05) is 0 Å². The summed E-state index contributed by atoms with van der Waals surface area (Å²) in [6, 6.07) is 6.63. The summed E-state index contributed by atoms with van der Waals surface area (Å²) in [6.07, 6.45) is 2.81. The Bertz CT molecular complexity index is 380. The van der Waals surface area contributed by atoms with Crippen LogP contribution in [0.4, 0.5) is 10.1 Å². The molecular formula is C13H18FN3. The van der Waals surface area contributed by atoms with Gasteiger partial charge in [-0.3, -0.25) is 5.41 Å². The van der Waals surface area contributed by atoms with E-state index in [1.807, 2.05) is 12.1 Å². The fourth-order valence-corrected chi connectivity index (χ4v) is 2.36. The third-order valence-electron chi connectivity index (χ3n) is 3.31. The van der Waals surface area contributed by atoms with Crippen LogP contribution in [0.2, 0.25) is 0 Å². The predicted molar refractivity (Wildman–Crippen MR) is 67.9 cm³/mol. The molecule has 4 heteroatoms. The lowest BCUT2D eigenvalue weighted by molar-refractivity contribution is 0.416. The Morgan fingerprint density at radius 3 is 2.41 bits per heavy atom. The Kier molecular flexibility index (Phi) is 3.61. The molecule has 0 saturated carbocycles. The molecule has 0 amide bonds. The van der Waals surface area contributed by atoms with Crippen molar-refractivity contribution < 1.29 is 4.39 Å². The summed E-state index contributed by atoms with van der Waals surface area (Å²) in [4.78, 5) is 2.26. The van der Waals surface area contributed by atoms with Crippen molar-refractivity contribution in [1.29, 1.82) is 5.41 Å². The number of nitrogens with one attached hydrogen (secondary N) is 1. The van der Waals surface area contributed by atoms with E-state index < -0.39 is 0 Å². The van der Waals surface area contributed by atoms with Gasteiger partial charge in [0.05, 0.1) is 5.84 Å². The van der Waals surface area contributed by atoms with Crippen LogP contribution < -0.4 is 10.6 Å². The van der Waals surface area contributed by atoms with E-state index in [1.165, 1.54) is 12.1 Å². The lowest BCUT2D eigenvalue weighted by Gasteiger charge is -2.33. The van der Waals surface area contributed by atoms with Crippen molar-refractivity contribution in [2.45, 2.75) is 19.3 Å². The first-order valence-corrected chi connectivity index (χ1v) is 5.98. The topological polar surface area (TPSA) is 53.1 Å². The average Bonchev–Trinajstić information content (AvgIpc) is 2.30. The highest BCUT2D eigenvalue weighted by atomic mass is 19.1. The van der Waals surface area contributed by atoms with E-state index in [0.717, 1.165) is 31.6 Å². The molecule has 1 fully saturated rings. The first kappa shape index (κ1) is 11.9. The summed E-state index contributed by atoms with van der Waals surface area (Å²) in [5.41, 5.74) is 6.49. The largest absolute Gasteiger partial charge is 0.388 e. The normalized spacial score (nSPS) is 17.1. The molecule has 0 unspecified atom stereocenters. The predicted octanol–water partition coefficient (Wildman–Crippen LogP) is 2.37. The second-order valence-electron chi connectivity index (χ2n) is 4.64. The monoisotopic (exact) mass is 235 g/mol. The summed E-state index contributed by atoms with van der Waals surface area (Å²) in [5.74, 6) is 0.620. The molecule has 92 valence electrons. The number of rotatable bonds is 3. The first-order chi connectivity index (χ1) is 8.15. The summed E-state index contributed by atoms with van der Waals surface area (Å²) in [5, 5.41) is 7.29. The molecule has 3 N–H and O–H groups in total. The molecule has 0 bridgehead atoms. The van der Waals surface area contributed by atoms with Crippen LogP contribution in [0.3, 0.4) is 0 Å². The molecule has 0 aliphatic carbocycles. The molecule has 2 rings (SSSR count). The van der Waals surface area contributed by atoms with E-state index in [2.05, 4.69) is 4.90 Å². The van der Waals surface area contributed by atoms with Gasteiger partial charge in [0.15, 0.2) is 0 Å². The molecule has 1 heterocycles. The Labute approximate surface area is 101 Å². The number of anilines is 1. The van der Waals surface area contributed by atoms with Crippen molar-refractivity contribution in [3.8, 4) is 0 Å². The molecule has 1 aliphatic rings. The number of piperidine rings is 1. The second-order valence-corrected chi connectivity index (χ2v) is 4.64. The van der Waals surface area contributed by atoms with E-state index in [1.54, 1.807) is 0 Å². The highest BCUT2D eigenvalue weighted by Crippen LogP contribution is 2.25. The van der Waals surface area contributed by atoms with Gasteiger partial charge in [-0.05, 0) is 43.0 Å². The van der Waals surface area contributed by atoms with Gasteiger partial charge in [-0.25, -0.2) is 4.39 Å². The first-order valence-electron chi connectivity index (χ1n) is 5.98. The minimum Gasteiger partial charge on any atom is -0.388 e. The van der Waals surface area contributed by atoms with Gasteiger partial charge in [0, 0.05) is 25.2 Å². The SMILES string of the molecule is N=C(N)CC1CCN(c2ccc(F)cc2)CC1. The summed E-state index contributed by atoms with van der Waals surface area (Å²) in [7, 11) is 0. The third kappa shape index (κ3) is 3.19. The van der Waals surface area contributed by atoms with Gasteiger partial charge in [0.1, 0.15) is 5.82 Å². The van der Waals surface area contributed by atoms with Gasteiger partial charge < -0.3 is 10.6 Å². The molecule has 0 radical (unpaired) electrons. The number of hydrogen-bond acceptors (Lipinski definition) is 2. The molecule has 0 atom stereocenters. The Morgan fingerprint density at radius 2 is 1.88 bits per heavy atom. The smallest absolute Gasteiger partial charge is 0.123 e. The van der Waals surface area contributed by atoms with Crippen molar-refractivity contribution in [3.63, 3.8) is 0 Å². The molecular weight excluding hydrogens is 217 g/mol. The maximum Gasteiger partial charge on any atom is 0.123 e. The van der Waals surface area contributed by atoms with E-state index in [-0.39, 0.29) is 11.7 Å². The third-order valence-corrected chi connectivity index (χ3v) is 3.31. The van der Waals surface area contributed by atoms with E-state index >= 15 is 0 Å². The van der Waals surface area contributed by atoms with Crippen LogP contribution in [0.1, 0.15) is 19.3 Å². The maximum atomic E-state index is 12.8. The molecule has 0 spiro atoms. The quantitative estimate of drug-likeness (QED) is 0.624. The van der Waals surface area contributed by atoms with E-state index in [4.69, 9.17) is 11.1 Å². The summed E-state index contributed by atoms with van der Waals surface area (Å²) < 4.78 is 12.8. The lowest BCUT2D eigenvalue weighted by Crippen LogP contribution is -2.34. The zero-order valence-corrected chi connectivity index (χ0v) is 9.82. The van der Waals surface area contributed by atoms with Crippen LogP contribution in [0.25, 0.3) is 0 Å². The van der Waals surface area contributed by atoms with Gasteiger partial charge >= 0.3 is 0 Å². The standard InChI is InChI=1S/C13H18FN3/c14-11-1-3-12(4-2-11)17-7-5-10(6-8-17)9-13(15)16/h1-4,10H,5-9H2,(H3,15,16). The van der Waals surface area contributed by atoms with Crippen molar-refractivity contribution in [2.75, 3.05) is 18.0 Å². The van der Waals surface area contributed by atoms with E-state index in [0.29, 0.717) is 12.3 Å². The fraction of sp³-hybridized carbons (Fsp3) is 0.462. The van der Waals surface area contributed by atoms with Crippen molar-refractivity contribution >= 4 is 11.5 Å². The van der Waals surface area contributed by atoms with Gasteiger partial charge in [-0.15, -0.1) is 0 Å². The Hall–Kier alpha value is -1.58.